The van der Waals surface area contributed by atoms with Crippen LogP contribution < -0.4 is 0 Å². The molecule has 2 aliphatic rings. The lowest BCUT2D eigenvalue weighted by atomic mass is 9.71. The fourth-order valence-corrected chi connectivity index (χ4v) is 3.04. The Bertz CT molecular complexity index is 249. The maximum Gasteiger partial charge on any atom is 0.168 e. The van der Waals surface area contributed by atoms with Crippen molar-refractivity contribution in [3.63, 3.8) is 0 Å². The van der Waals surface area contributed by atoms with Gasteiger partial charge in [0, 0.05) is 12.8 Å². The van der Waals surface area contributed by atoms with Crippen molar-refractivity contribution in [2.24, 2.45) is 10.9 Å². The van der Waals surface area contributed by atoms with Crippen molar-refractivity contribution in [3.05, 3.63) is 0 Å². The standard InChI is InChI=1S/C13H23NO2/c1-4-11(2)12(14-3)5-7-13(8-6-12)15-9-10-16-13/h11H,3-10H2,1-2H3. The van der Waals surface area contributed by atoms with Crippen LogP contribution in [0.1, 0.15) is 46.0 Å². The highest BCUT2D eigenvalue weighted by molar-refractivity contribution is 5.27. The van der Waals surface area contributed by atoms with E-state index >= 15 is 0 Å². The summed E-state index contributed by atoms with van der Waals surface area (Å²) in [5.74, 6) is 0.325. The van der Waals surface area contributed by atoms with Gasteiger partial charge in [0.2, 0.25) is 0 Å². The Hall–Kier alpha value is -0.410. The maximum atomic E-state index is 5.75. The number of hydrogen-bond acceptors (Lipinski definition) is 3. The lowest BCUT2D eigenvalue weighted by molar-refractivity contribution is -0.186. The molecule has 2 rings (SSSR count). The maximum absolute atomic E-state index is 5.75. The van der Waals surface area contributed by atoms with Gasteiger partial charge in [-0.3, -0.25) is 4.99 Å². The fourth-order valence-electron chi connectivity index (χ4n) is 3.04. The minimum absolute atomic E-state index is 0.0648. The molecule has 0 bridgehead atoms. The third-order valence-electron chi connectivity index (χ3n) is 4.54. The zero-order valence-corrected chi connectivity index (χ0v) is 10.5. The molecular weight excluding hydrogens is 202 g/mol. The van der Waals surface area contributed by atoms with Gasteiger partial charge in [-0.15, -0.1) is 0 Å². The summed E-state index contributed by atoms with van der Waals surface area (Å²) in [6, 6.07) is 0. The number of aliphatic imine (C=N–C) groups is 1. The second-order valence-corrected chi connectivity index (χ2v) is 5.18. The molecule has 0 aromatic heterocycles. The van der Waals surface area contributed by atoms with E-state index in [2.05, 4.69) is 25.6 Å². The van der Waals surface area contributed by atoms with Gasteiger partial charge < -0.3 is 9.47 Å². The number of nitrogens with zero attached hydrogens (tertiary/aromatic N) is 1. The molecule has 0 amide bonds. The molecule has 16 heavy (non-hydrogen) atoms. The van der Waals surface area contributed by atoms with Crippen LogP contribution in [0.3, 0.4) is 0 Å². The Morgan fingerprint density at radius 2 is 1.75 bits per heavy atom. The molecule has 1 aliphatic heterocycles. The van der Waals surface area contributed by atoms with E-state index in [1.807, 2.05) is 0 Å². The van der Waals surface area contributed by atoms with Crippen molar-refractivity contribution in [1.29, 1.82) is 0 Å². The van der Waals surface area contributed by atoms with Crippen LogP contribution in [0, 0.1) is 5.92 Å². The van der Waals surface area contributed by atoms with Gasteiger partial charge in [-0.05, 0) is 25.5 Å². The molecule has 1 aliphatic carbocycles. The van der Waals surface area contributed by atoms with Gasteiger partial charge in [-0.2, -0.15) is 0 Å². The van der Waals surface area contributed by atoms with Crippen LogP contribution in [0.4, 0.5) is 0 Å². The molecule has 1 unspecified atom stereocenters. The summed E-state index contributed by atoms with van der Waals surface area (Å²) >= 11 is 0. The van der Waals surface area contributed by atoms with Crippen LogP contribution in [0.2, 0.25) is 0 Å². The molecule has 1 spiro atoms. The Balaban J connectivity index is 2.03. The summed E-state index contributed by atoms with van der Waals surface area (Å²) in [6.45, 7) is 9.81. The van der Waals surface area contributed by atoms with Crippen molar-refractivity contribution in [1.82, 2.24) is 0 Å². The predicted octanol–water partition coefficient (Wildman–Crippen LogP) is 2.79. The summed E-state index contributed by atoms with van der Waals surface area (Å²) < 4.78 is 11.5. The van der Waals surface area contributed by atoms with E-state index in [4.69, 9.17) is 9.47 Å². The molecule has 3 nitrogen and oxygen atoms in total. The third kappa shape index (κ3) is 1.91. The average molecular weight is 225 g/mol. The second kappa shape index (κ2) is 4.46. The van der Waals surface area contributed by atoms with Gasteiger partial charge in [-0.25, -0.2) is 0 Å². The minimum atomic E-state index is -0.276. The van der Waals surface area contributed by atoms with Crippen LogP contribution in [-0.4, -0.2) is 31.3 Å². The van der Waals surface area contributed by atoms with Crippen molar-refractivity contribution in [3.8, 4) is 0 Å². The van der Waals surface area contributed by atoms with Gasteiger partial charge in [-0.1, -0.05) is 20.3 Å². The normalized spacial score (nSPS) is 29.1. The van der Waals surface area contributed by atoms with Crippen molar-refractivity contribution in [2.75, 3.05) is 13.2 Å². The first-order valence-electron chi connectivity index (χ1n) is 6.42. The number of rotatable bonds is 3. The Kier molecular flexibility index (Phi) is 3.36. The predicted molar refractivity (Wildman–Crippen MR) is 64.8 cm³/mol. The summed E-state index contributed by atoms with van der Waals surface area (Å²) in [4.78, 5) is 4.44. The highest BCUT2D eigenvalue weighted by Gasteiger charge is 2.47. The van der Waals surface area contributed by atoms with E-state index < -0.39 is 0 Å². The van der Waals surface area contributed by atoms with Crippen molar-refractivity contribution >= 4 is 6.72 Å². The van der Waals surface area contributed by atoms with Crippen LogP contribution in [0.5, 0.6) is 0 Å². The second-order valence-electron chi connectivity index (χ2n) is 5.18. The van der Waals surface area contributed by atoms with Gasteiger partial charge in [0.25, 0.3) is 0 Å². The first kappa shape index (κ1) is 12.1. The Morgan fingerprint density at radius 1 is 1.19 bits per heavy atom. The molecule has 1 saturated heterocycles. The molecule has 0 aromatic carbocycles. The smallest absolute Gasteiger partial charge is 0.168 e. The molecule has 1 atom stereocenters. The van der Waals surface area contributed by atoms with E-state index in [1.54, 1.807) is 0 Å². The molecule has 1 heterocycles. The molecule has 1 saturated carbocycles. The van der Waals surface area contributed by atoms with Gasteiger partial charge in [0.15, 0.2) is 5.79 Å². The Morgan fingerprint density at radius 3 is 2.19 bits per heavy atom. The van der Waals surface area contributed by atoms with E-state index in [-0.39, 0.29) is 11.3 Å². The third-order valence-corrected chi connectivity index (χ3v) is 4.54. The molecular formula is C13H23NO2. The SMILES string of the molecule is C=NC1(C(C)CC)CCC2(CC1)OCCO2. The van der Waals surface area contributed by atoms with E-state index in [0.29, 0.717) is 5.92 Å². The first-order valence-corrected chi connectivity index (χ1v) is 6.42. The zero-order chi connectivity index (χ0) is 11.6. The lowest BCUT2D eigenvalue weighted by Gasteiger charge is -2.44. The quantitative estimate of drug-likeness (QED) is 0.691. The number of hydrogen-bond donors (Lipinski definition) is 0. The molecule has 92 valence electrons. The van der Waals surface area contributed by atoms with Crippen molar-refractivity contribution in [2.45, 2.75) is 57.3 Å². The van der Waals surface area contributed by atoms with Crippen LogP contribution in [-0.2, 0) is 9.47 Å². The van der Waals surface area contributed by atoms with Crippen molar-refractivity contribution < 1.29 is 9.47 Å². The summed E-state index contributed by atoms with van der Waals surface area (Å²) in [5, 5.41) is 0. The first-order chi connectivity index (χ1) is 7.66. The summed E-state index contributed by atoms with van der Waals surface area (Å²) in [7, 11) is 0. The van der Waals surface area contributed by atoms with E-state index in [0.717, 1.165) is 45.3 Å². The van der Waals surface area contributed by atoms with Gasteiger partial charge in [0.05, 0.1) is 18.8 Å². The Labute approximate surface area is 98.2 Å². The van der Waals surface area contributed by atoms with Gasteiger partial charge in [0.1, 0.15) is 0 Å². The van der Waals surface area contributed by atoms with Gasteiger partial charge >= 0.3 is 0 Å². The molecule has 2 fully saturated rings. The molecule has 3 heteroatoms. The highest BCUT2D eigenvalue weighted by Crippen LogP contribution is 2.45. The minimum Gasteiger partial charge on any atom is -0.348 e. The zero-order valence-electron chi connectivity index (χ0n) is 10.5. The largest absolute Gasteiger partial charge is 0.348 e. The number of ether oxygens (including phenoxy) is 2. The average Bonchev–Trinajstić information content (AvgIpc) is 2.78. The monoisotopic (exact) mass is 225 g/mol. The van der Waals surface area contributed by atoms with Crippen LogP contribution >= 0.6 is 0 Å². The van der Waals surface area contributed by atoms with Crippen LogP contribution in [0.15, 0.2) is 4.99 Å². The topological polar surface area (TPSA) is 30.8 Å². The van der Waals surface area contributed by atoms with E-state index in [1.165, 1.54) is 0 Å². The molecule has 0 N–H and O–H groups in total. The summed E-state index contributed by atoms with van der Waals surface area (Å²) in [6.07, 6.45) is 5.19. The van der Waals surface area contributed by atoms with E-state index in [9.17, 15) is 0 Å². The highest BCUT2D eigenvalue weighted by atomic mass is 16.7. The molecule has 0 radical (unpaired) electrons. The van der Waals surface area contributed by atoms with Crippen LogP contribution in [0.25, 0.3) is 0 Å². The lowest BCUT2D eigenvalue weighted by Crippen LogP contribution is -2.45. The summed E-state index contributed by atoms with van der Waals surface area (Å²) in [5.41, 5.74) is 0.0648. The fraction of sp³-hybridized carbons (Fsp3) is 0.923. The molecule has 0 aromatic rings.